The molecular formula is C18H17BrClNO2. The molecule has 1 aromatic rings. The van der Waals surface area contributed by atoms with Crippen LogP contribution in [0.15, 0.2) is 52.1 Å². The molecule has 0 radical (unpaired) electrons. The van der Waals surface area contributed by atoms with E-state index in [1.807, 2.05) is 37.3 Å². The number of hydrogen-bond acceptors (Lipinski definition) is 3. The molecule has 1 aliphatic heterocycles. The van der Waals surface area contributed by atoms with E-state index in [2.05, 4.69) is 20.9 Å². The highest BCUT2D eigenvalue weighted by molar-refractivity contribution is 9.11. The Hall–Kier alpha value is -1.65. The first-order chi connectivity index (χ1) is 11.1. The lowest BCUT2D eigenvalue weighted by atomic mass is 10.2. The van der Waals surface area contributed by atoms with Gasteiger partial charge in [0.1, 0.15) is 5.36 Å². The van der Waals surface area contributed by atoms with Crippen LogP contribution in [0.2, 0.25) is 5.02 Å². The molecule has 1 aromatic carbocycles. The van der Waals surface area contributed by atoms with Gasteiger partial charge in [0.2, 0.25) is 0 Å². The van der Waals surface area contributed by atoms with Gasteiger partial charge in [0.05, 0.1) is 6.42 Å². The van der Waals surface area contributed by atoms with Gasteiger partial charge < -0.3 is 4.74 Å². The molecule has 0 aromatic heterocycles. The summed E-state index contributed by atoms with van der Waals surface area (Å²) < 4.78 is 6.22. The van der Waals surface area contributed by atoms with E-state index in [0.29, 0.717) is 16.1 Å². The quantitative estimate of drug-likeness (QED) is 0.426. The molecule has 0 fully saturated rings. The number of halogens is 2. The summed E-state index contributed by atoms with van der Waals surface area (Å²) in [5, 5.41) is 1.98. The number of esters is 1. The number of carbonyl (C=O) groups excluding carboxylic acids is 1. The fourth-order valence-electron chi connectivity index (χ4n) is 2.01. The van der Waals surface area contributed by atoms with Gasteiger partial charge in [-0.05, 0) is 25.0 Å². The zero-order chi connectivity index (χ0) is 16.7. The molecule has 0 spiro atoms. The highest BCUT2D eigenvalue weighted by atomic mass is 79.9. The van der Waals surface area contributed by atoms with Gasteiger partial charge in [-0.1, -0.05) is 64.8 Å². The SMILES string of the molecule is CC/C=C\C=C(\Br)CC(=O)Oc1ccc(Cl)c2c1=NC=CCC=2. The first-order valence-electron chi connectivity index (χ1n) is 7.35. The summed E-state index contributed by atoms with van der Waals surface area (Å²) in [6, 6.07) is 3.39. The number of carbonyl (C=O) groups is 1. The van der Waals surface area contributed by atoms with Crippen LogP contribution in [0.4, 0.5) is 0 Å². The third-order valence-electron chi connectivity index (χ3n) is 3.08. The van der Waals surface area contributed by atoms with Gasteiger partial charge in [-0.3, -0.25) is 9.79 Å². The lowest BCUT2D eigenvalue weighted by Crippen LogP contribution is -2.28. The summed E-state index contributed by atoms with van der Waals surface area (Å²) in [7, 11) is 0. The average molecular weight is 395 g/mol. The molecule has 120 valence electrons. The Morgan fingerprint density at radius 2 is 2.30 bits per heavy atom. The van der Waals surface area contributed by atoms with Gasteiger partial charge in [0, 0.05) is 20.9 Å². The normalized spacial score (nSPS) is 14.0. The van der Waals surface area contributed by atoms with Crippen LogP contribution in [0, 0.1) is 0 Å². The summed E-state index contributed by atoms with van der Waals surface area (Å²) in [5.41, 5.74) is 0. The molecule has 23 heavy (non-hydrogen) atoms. The minimum Gasteiger partial charge on any atom is -0.424 e. The van der Waals surface area contributed by atoms with Crippen LogP contribution in [0.3, 0.4) is 0 Å². The van der Waals surface area contributed by atoms with E-state index >= 15 is 0 Å². The van der Waals surface area contributed by atoms with Gasteiger partial charge >= 0.3 is 5.97 Å². The van der Waals surface area contributed by atoms with Gasteiger partial charge in [0.15, 0.2) is 5.75 Å². The number of nitrogens with zero attached hydrogens (tertiary/aromatic N) is 1. The van der Waals surface area contributed by atoms with Crippen molar-refractivity contribution in [1.29, 1.82) is 0 Å². The Labute approximate surface area is 148 Å². The van der Waals surface area contributed by atoms with Crippen LogP contribution >= 0.6 is 27.5 Å². The average Bonchev–Trinajstić information content (AvgIpc) is 2.77. The topological polar surface area (TPSA) is 38.7 Å². The molecule has 0 unspecified atom stereocenters. The van der Waals surface area contributed by atoms with Gasteiger partial charge in [0.25, 0.3) is 0 Å². The van der Waals surface area contributed by atoms with Crippen molar-refractivity contribution < 1.29 is 9.53 Å². The molecule has 0 N–H and O–H groups in total. The summed E-state index contributed by atoms with van der Waals surface area (Å²) >= 11 is 9.56. The molecule has 3 nitrogen and oxygen atoms in total. The minimum absolute atomic E-state index is 0.158. The van der Waals surface area contributed by atoms with Crippen molar-refractivity contribution in [1.82, 2.24) is 0 Å². The van der Waals surface area contributed by atoms with Crippen LogP contribution < -0.4 is 15.3 Å². The van der Waals surface area contributed by atoms with E-state index in [1.54, 1.807) is 18.3 Å². The molecule has 5 heteroatoms. The van der Waals surface area contributed by atoms with Gasteiger partial charge in [-0.15, -0.1) is 0 Å². The third kappa shape index (κ3) is 5.19. The highest BCUT2D eigenvalue weighted by Crippen LogP contribution is 2.14. The summed E-state index contributed by atoms with van der Waals surface area (Å²) in [4.78, 5) is 16.4. The number of hydrogen-bond donors (Lipinski definition) is 0. The molecule has 0 saturated carbocycles. The molecule has 0 bridgehead atoms. The Morgan fingerprint density at radius 1 is 1.48 bits per heavy atom. The van der Waals surface area contributed by atoms with Crippen LogP contribution in [0.25, 0.3) is 6.08 Å². The smallest absolute Gasteiger partial charge is 0.316 e. The van der Waals surface area contributed by atoms with E-state index < -0.39 is 0 Å². The zero-order valence-electron chi connectivity index (χ0n) is 12.8. The Balaban J connectivity index is 2.20. The first kappa shape index (κ1) is 17.7. The Morgan fingerprint density at radius 3 is 3.09 bits per heavy atom. The van der Waals surface area contributed by atoms with Crippen molar-refractivity contribution in [2.75, 3.05) is 0 Å². The van der Waals surface area contributed by atoms with Gasteiger partial charge in [-0.2, -0.15) is 0 Å². The highest BCUT2D eigenvalue weighted by Gasteiger charge is 2.10. The van der Waals surface area contributed by atoms with E-state index in [1.165, 1.54) is 0 Å². The van der Waals surface area contributed by atoms with E-state index in [4.69, 9.17) is 16.3 Å². The maximum Gasteiger partial charge on any atom is 0.316 e. The first-order valence-corrected chi connectivity index (χ1v) is 8.52. The number of rotatable bonds is 5. The van der Waals surface area contributed by atoms with Crippen molar-refractivity contribution in [2.24, 2.45) is 4.99 Å². The monoisotopic (exact) mass is 393 g/mol. The molecule has 0 atom stereocenters. The van der Waals surface area contributed by atoms with Crippen LogP contribution in [0.5, 0.6) is 5.75 Å². The largest absolute Gasteiger partial charge is 0.424 e. The fourth-order valence-corrected chi connectivity index (χ4v) is 2.62. The van der Waals surface area contributed by atoms with Gasteiger partial charge in [-0.25, -0.2) is 0 Å². The summed E-state index contributed by atoms with van der Waals surface area (Å²) in [6.45, 7) is 2.05. The van der Waals surface area contributed by atoms with Crippen molar-refractivity contribution in [3.63, 3.8) is 0 Å². The van der Waals surface area contributed by atoms with Crippen molar-refractivity contribution >= 4 is 39.6 Å². The molecule has 0 saturated heterocycles. The molecule has 2 rings (SSSR count). The Bertz CT molecular complexity index is 794. The summed E-state index contributed by atoms with van der Waals surface area (Å²) in [6.07, 6.45) is 13.2. The van der Waals surface area contributed by atoms with Crippen LogP contribution in [-0.4, -0.2) is 5.97 Å². The van der Waals surface area contributed by atoms with Crippen molar-refractivity contribution in [3.05, 3.63) is 62.7 Å². The fraction of sp³-hybridized carbons (Fsp3) is 0.222. The van der Waals surface area contributed by atoms with Crippen molar-refractivity contribution in [2.45, 2.75) is 26.2 Å². The second-order valence-electron chi connectivity index (χ2n) is 4.86. The van der Waals surface area contributed by atoms with E-state index in [-0.39, 0.29) is 12.4 Å². The standard InChI is InChI=1S/C18H17BrClNO2/c1-2-3-4-7-13(19)12-17(22)23-16-10-9-15(20)14-8-5-6-11-21-18(14)16/h3-4,6-11H,2,5,12H2,1H3/b4-3-,13-7+. The van der Waals surface area contributed by atoms with E-state index in [0.717, 1.165) is 22.5 Å². The number of benzene rings is 1. The molecule has 0 amide bonds. The lowest BCUT2D eigenvalue weighted by molar-refractivity contribution is -0.133. The molecule has 0 aliphatic carbocycles. The van der Waals surface area contributed by atoms with Crippen molar-refractivity contribution in [3.8, 4) is 5.75 Å². The minimum atomic E-state index is -0.356. The predicted octanol–water partition coefficient (Wildman–Crippen LogP) is 4.20. The Kier molecular flexibility index (Phi) is 6.81. The lowest BCUT2D eigenvalue weighted by Gasteiger charge is -2.05. The second kappa shape index (κ2) is 8.85. The third-order valence-corrected chi connectivity index (χ3v) is 3.95. The van der Waals surface area contributed by atoms with E-state index in [9.17, 15) is 4.79 Å². The molecular weight excluding hydrogens is 378 g/mol. The van der Waals surface area contributed by atoms with Crippen LogP contribution in [-0.2, 0) is 4.79 Å². The zero-order valence-corrected chi connectivity index (χ0v) is 15.1. The molecule has 1 aliphatic rings. The summed E-state index contributed by atoms with van der Waals surface area (Å²) in [5.74, 6) is 0.0626. The number of fused-ring (bicyclic) bond motifs is 1. The molecule has 1 heterocycles. The van der Waals surface area contributed by atoms with Crippen LogP contribution in [0.1, 0.15) is 26.2 Å². The number of allylic oxidation sites excluding steroid dienone is 4. The number of ether oxygens (including phenoxy) is 1. The second-order valence-corrected chi connectivity index (χ2v) is 6.29. The predicted molar refractivity (Wildman–Crippen MR) is 97.1 cm³/mol. The maximum atomic E-state index is 12.1. The maximum absolute atomic E-state index is 12.1.